The van der Waals surface area contributed by atoms with Gasteiger partial charge in [0.2, 0.25) is 0 Å². The number of imidazole rings is 1. The number of rotatable bonds is 4. The fraction of sp³-hybridized carbons (Fsp3) is 0. The molecule has 2 amide bonds. The van der Waals surface area contributed by atoms with E-state index in [1.54, 1.807) is 42.5 Å². The molecule has 2 aromatic carbocycles. The van der Waals surface area contributed by atoms with Crippen LogP contribution < -0.4 is 4.90 Å². The van der Waals surface area contributed by atoms with E-state index >= 15 is 0 Å². The molecule has 5 rings (SSSR count). The van der Waals surface area contributed by atoms with Crippen molar-refractivity contribution in [3.63, 3.8) is 0 Å². The molecule has 0 radical (unpaired) electrons. The minimum atomic E-state index is -0.407. The van der Waals surface area contributed by atoms with Crippen LogP contribution in [0.2, 0.25) is 5.02 Å². The highest BCUT2D eigenvalue weighted by molar-refractivity contribution is 8.19. The second-order valence-corrected chi connectivity index (χ2v) is 8.74. The number of furan rings is 1. The van der Waals surface area contributed by atoms with Crippen molar-refractivity contribution in [1.29, 1.82) is 0 Å². The summed E-state index contributed by atoms with van der Waals surface area (Å²) in [4.78, 5) is 34.2. The SMILES string of the molecule is O=C1S/C(=C/c2ccc(Sc3nc4ccccc4[nH]3)o2)C(=O)N1c1cccc(Cl)c1. The Morgan fingerprint density at radius 2 is 1.97 bits per heavy atom. The van der Waals surface area contributed by atoms with Crippen LogP contribution in [0.3, 0.4) is 0 Å². The van der Waals surface area contributed by atoms with E-state index in [0.29, 0.717) is 26.7 Å². The Morgan fingerprint density at radius 3 is 2.80 bits per heavy atom. The van der Waals surface area contributed by atoms with Crippen LogP contribution in [0.25, 0.3) is 17.1 Å². The summed E-state index contributed by atoms with van der Waals surface area (Å²) < 4.78 is 5.80. The molecule has 148 valence electrons. The predicted octanol–water partition coefficient (Wildman–Crippen LogP) is 6.20. The number of thioether (sulfide) groups is 1. The summed E-state index contributed by atoms with van der Waals surface area (Å²) in [5.41, 5.74) is 2.26. The standard InChI is InChI=1S/C21H12ClN3O3S2/c22-12-4-3-5-13(10-12)25-19(26)17(29-21(25)27)11-14-8-9-18(28-14)30-20-23-15-6-1-2-7-16(15)24-20/h1-11H,(H,23,24)/b17-11+. The molecule has 0 saturated carbocycles. The number of aromatic amines is 1. The topological polar surface area (TPSA) is 79.2 Å². The molecule has 1 aliphatic heterocycles. The lowest BCUT2D eigenvalue weighted by molar-refractivity contribution is -0.113. The summed E-state index contributed by atoms with van der Waals surface area (Å²) in [5, 5.41) is 1.40. The highest BCUT2D eigenvalue weighted by atomic mass is 35.5. The largest absolute Gasteiger partial charge is 0.450 e. The number of anilines is 1. The van der Waals surface area contributed by atoms with Gasteiger partial charge in [-0.05, 0) is 66.0 Å². The third-order valence-electron chi connectivity index (χ3n) is 4.30. The van der Waals surface area contributed by atoms with Crippen molar-refractivity contribution >= 4 is 69.1 Å². The molecular formula is C21H12ClN3O3S2. The zero-order valence-electron chi connectivity index (χ0n) is 15.2. The number of halogens is 1. The lowest BCUT2D eigenvalue weighted by Gasteiger charge is -2.12. The van der Waals surface area contributed by atoms with Crippen molar-refractivity contribution < 1.29 is 14.0 Å². The molecule has 1 fully saturated rings. The van der Waals surface area contributed by atoms with Gasteiger partial charge in [0.05, 0.1) is 21.6 Å². The van der Waals surface area contributed by atoms with Crippen LogP contribution in [-0.4, -0.2) is 21.1 Å². The van der Waals surface area contributed by atoms with Gasteiger partial charge in [-0.15, -0.1) is 0 Å². The van der Waals surface area contributed by atoms with E-state index in [2.05, 4.69) is 9.97 Å². The van der Waals surface area contributed by atoms with Crippen LogP contribution in [0, 0.1) is 0 Å². The lowest BCUT2D eigenvalue weighted by Crippen LogP contribution is -2.27. The number of carbonyl (C=O) groups excluding carboxylic acids is 2. The molecule has 0 atom stereocenters. The Kier molecular flexibility index (Phi) is 4.90. The molecule has 0 spiro atoms. The maximum absolute atomic E-state index is 12.7. The first-order chi connectivity index (χ1) is 14.6. The molecule has 1 N–H and O–H groups in total. The smallest absolute Gasteiger partial charge is 0.298 e. The number of amides is 2. The number of nitrogens with one attached hydrogen (secondary N) is 1. The van der Waals surface area contributed by atoms with Crippen molar-refractivity contribution in [2.45, 2.75) is 10.2 Å². The van der Waals surface area contributed by atoms with E-state index < -0.39 is 5.91 Å². The second-order valence-electron chi connectivity index (χ2n) is 6.31. The van der Waals surface area contributed by atoms with Gasteiger partial charge in [-0.2, -0.15) is 0 Å². The monoisotopic (exact) mass is 453 g/mol. The number of aromatic nitrogens is 2. The van der Waals surface area contributed by atoms with Crippen LogP contribution in [0.15, 0.2) is 80.2 Å². The molecule has 30 heavy (non-hydrogen) atoms. The van der Waals surface area contributed by atoms with Crippen molar-refractivity contribution in [1.82, 2.24) is 9.97 Å². The molecular weight excluding hydrogens is 442 g/mol. The molecule has 1 saturated heterocycles. The van der Waals surface area contributed by atoms with E-state index in [-0.39, 0.29) is 10.1 Å². The highest BCUT2D eigenvalue weighted by Crippen LogP contribution is 2.37. The normalized spacial score (nSPS) is 15.6. The number of para-hydroxylation sites is 2. The number of benzene rings is 2. The van der Waals surface area contributed by atoms with Crippen LogP contribution >= 0.6 is 35.1 Å². The molecule has 3 heterocycles. The van der Waals surface area contributed by atoms with Gasteiger partial charge in [-0.1, -0.05) is 29.8 Å². The van der Waals surface area contributed by atoms with E-state index in [1.165, 1.54) is 11.8 Å². The first-order valence-corrected chi connectivity index (χ1v) is 10.8. The molecule has 0 bridgehead atoms. The summed E-state index contributed by atoms with van der Waals surface area (Å²) >= 11 is 8.19. The second kappa shape index (κ2) is 7.71. The van der Waals surface area contributed by atoms with Gasteiger partial charge in [0.1, 0.15) is 5.76 Å². The maximum Gasteiger partial charge on any atom is 0.298 e. The van der Waals surface area contributed by atoms with Crippen LogP contribution in [0.5, 0.6) is 0 Å². The van der Waals surface area contributed by atoms with Gasteiger partial charge in [-0.3, -0.25) is 9.59 Å². The Labute approximate surface area is 184 Å². The number of imide groups is 1. The third-order valence-corrected chi connectivity index (χ3v) is 6.21. The zero-order valence-corrected chi connectivity index (χ0v) is 17.6. The molecule has 4 aromatic rings. The Bertz CT molecular complexity index is 1290. The molecule has 9 heteroatoms. The van der Waals surface area contributed by atoms with E-state index in [0.717, 1.165) is 27.7 Å². The fourth-order valence-electron chi connectivity index (χ4n) is 2.97. The fourth-order valence-corrected chi connectivity index (χ4v) is 4.75. The summed E-state index contributed by atoms with van der Waals surface area (Å²) in [6.45, 7) is 0. The Hall–Kier alpha value is -2.94. The summed E-state index contributed by atoms with van der Waals surface area (Å²) in [6, 6.07) is 17.9. The minimum Gasteiger partial charge on any atom is -0.450 e. The van der Waals surface area contributed by atoms with Crippen LogP contribution in [0.1, 0.15) is 5.76 Å². The minimum absolute atomic E-state index is 0.287. The lowest BCUT2D eigenvalue weighted by atomic mass is 10.3. The molecule has 6 nitrogen and oxygen atoms in total. The van der Waals surface area contributed by atoms with Crippen molar-refractivity contribution in [3.05, 3.63) is 76.4 Å². The Balaban J connectivity index is 1.36. The van der Waals surface area contributed by atoms with Crippen molar-refractivity contribution in [2.75, 3.05) is 4.90 Å². The van der Waals surface area contributed by atoms with Gasteiger partial charge in [0.15, 0.2) is 10.2 Å². The number of nitrogens with zero attached hydrogens (tertiary/aromatic N) is 2. The number of H-pyrrole nitrogens is 1. The maximum atomic E-state index is 12.7. The van der Waals surface area contributed by atoms with Gasteiger partial charge in [0.25, 0.3) is 11.1 Å². The third kappa shape index (κ3) is 3.65. The highest BCUT2D eigenvalue weighted by Gasteiger charge is 2.36. The first-order valence-electron chi connectivity index (χ1n) is 8.83. The summed E-state index contributed by atoms with van der Waals surface area (Å²) in [6.07, 6.45) is 1.57. The summed E-state index contributed by atoms with van der Waals surface area (Å²) in [5.74, 6) is 0.0698. The van der Waals surface area contributed by atoms with Gasteiger partial charge >= 0.3 is 0 Å². The number of hydrogen-bond donors (Lipinski definition) is 1. The van der Waals surface area contributed by atoms with E-state index in [4.69, 9.17) is 16.0 Å². The number of fused-ring (bicyclic) bond motifs is 1. The molecule has 0 aliphatic carbocycles. The first kappa shape index (κ1) is 19.0. The number of carbonyl (C=O) groups is 2. The van der Waals surface area contributed by atoms with Crippen LogP contribution in [-0.2, 0) is 4.79 Å². The predicted molar refractivity (Wildman–Crippen MR) is 119 cm³/mol. The molecule has 2 aromatic heterocycles. The Morgan fingerprint density at radius 1 is 1.10 bits per heavy atom. The van der Waals surface area contributed by atoms with Crippen molar-refractivity contribution in [3.8, 4) is 0 Å². The quantitative estimate of drug-likeness (QED) is 0.370. The van der Waals surface area contributed by atoms with E-state index in [1.807, 2.05) is 24.3 Å². The average molecular weight is 454 g/mol. The van der Waals surface area contributed by atoms with Crippen molar-refractivity contribution in [2.24, 2.45) is 0 Å². The van der Waals surface area contributed by atoms with E-state index in [9.17, 15) is 9.59 Å². The zero-order chi connectivity index (χ0) is 20.7. The number of hydrogen-bond acceptors (Lipinski definition) is 6. The molecule has 0 unspecified atom stereocenters. The van der Waals surface area contributed by atoms with Gasteiger partial charge < -0.3 is 9.40 Å². The van der Waals surface area contributed by atoms with Gasteiger partial charge in [0, 0.05) is 11.1 Å². The van der Waals surface area contributed by atoms with Crippen LogP contribution in [0.4, 0.5) is 10.5 Å². The molecule has 1 aliphatic rings. The van der Waals surface area contributed by atoms with Gasteiger partial charge in [-0.25, -0.2) is 9.88 Å². The average Bonchev–Trinajstić information content (AvgIpc) is 3.40. The summed E-state index contributed by atoms with van der Waals surface area (Å²) in [7, 11) is 0.